The van der Waals surface area contributed by atoms with E-state index in [1.54, 1.807) is 0 Å². The fourth-order valence-corrected chi connectivity index (χ4v) is 7.48. The highest BCUT2D eigenvalue weighted by molar-refractivity contribution is 6.82. The van der Waals surface area contributed by atoms with Crippen molar-refractivity contribution in [2.75, 3.05) is 25.7 Å². The van der Waals surface area contributed by atoms with Gasteiger partial charge < -0.3 is 9.47 Å². The molecule has 0 bridgehead atoms. The fraction of sp³-hybridized carbons (Fsp3) is 1.00. The Morgan fingerprint density at radius 2 is 1.12 bits per heavy atom. The Balaban J connectivity index is 4.90. The third kappa shape index (κ3) is 4.72. The van der Waals surface area contributed by atoms with Crippen molar-refractivity contribution in [2.45, 2.75) is 65.5 Å². The van der Waals surface area contributed by atoms with E-state index in [0.29, 0.717) is 0 Å². The lowest BCUT2D eigenvalue weighted by molar-refractivity contribution is 0.157. The molecule has 0 radical (unpaired) electrons. The minimum atomic E-state index is -1.49. The summed E-state index contributed by atoms with van der Waals surface area (Å²) in [5.41, 5.74) is 1.55. The summed E-state index contributed by atoms with van der Waals surface area (Å²) in [6, 6.07) is 0. The molecule has 0 rings (SSSR count). The van der Waals surface area contributed by atoms with Crippen LogP contribution in [0, 0.1) is 0 Å². The van der Waals surface area contributed by atoms with E-state index in [4.69, 9.17) is 9.47 Å². The van der Waals surface area contributed by atoms with Crippen LogP contribution in [0.2, 0.25) is 11.1 Å². The van der Waals surface area contributed by atoms with Crippen LogP contribution in [0.25, 0.3) is 0 Å². The highest BCUT2D eigenvalue weighted by Crippen LogP contribution is 2.37. The van der Waals surface area contributed by atoms with Crippen LogP contribution in [-0.4, -0.2) is 33.7 Å². The van der Waals surface area contributed by atoms with Gasteiger partial charge >= 0.3 is 0 Å². The highest BCUT2D eigenvalue weighted by Gasteiger charge is 2.42. The minimum Gasteiger partial charge on any atom is -0.385 e. The van der Waals surface area contributed by atoms with Crippen LogP contribution in [0.1, 0.15) is 54.4 Å². The summed E-state index contributed by atoms with van der Waals surface area (Å²) in [6.07, 6.45) is 4.43. The molecule has 0 N–H and O–H groups in total. The molecule has 0 heterocycles. The summed E-state index contributed by atoms with van der Waals surface area (Å²) in [4.78, 5) is 0. The van der Waals surface area contributed by atoms with Crippen molar-refractivity contribution in [3.8, 4) is 0 Å². The second kappa shape index (κ2) is 9.12. The lowest BCUT2D eigenvalue weighted by atomic mass is 10.3. The van der Waals surface area contributed by atoms with Crippen molar-refractivity contribution in [2.24, 2.45) is 0 Å². The first-order valence-corrected chi connectivity index (χ1v) is 9.81. The predicted octanol–water partition coefficient (Wildman–Crippen LogP) is 4.19. The summed E-state index contributed by atoms with van der Waals surface area (Å²) in [5.74, 6) is 0. The molecule has 0 aromatic rings. The molecule has 2 unspecified atom stereocenters. The number of rotatable bonds is 10. The second-order valence-electron chi connectivity index (χ2n) is 5.13. The van der Waals surface area contributed by atoms with Crippen molar-refractivity contribution in [1.29, 1.82) is 0 Å². The van der Waals surface area contributed by atoms with Gasteiger partial charge in [-0.3, -0.25) is 0 Å². The van der Waals surface area contributed by atoms with E-state index in [1.807, 2.05) is 0 Å². The molecule has 2 nitrogen and oxygen atoms in total. The molecule has 0 aromatic heterocycles. The maximum Gasteiger partial charge on any atom is 0.118 e. The Labute approximate surface area is 109 Å². The monoisotopic (exact) mass is 260 g/mol. The van der Waals surface area contributed by atoms with Gasteiger partial charge in [-0.05, 0) is 24.9 Å². The van der Waals surface area contributed by atoms with Gasteiger partial charge in [0.05, 0.1) is 0 Å². The molecule has 0 amide bonds. The zero-order valence-electron chi connectivity index (χ0n) is 12.7. The summed E-state index contributed by atoms with van der Waals surface area (Å²) in [5, 5.41) is 0. The standard InChI is InChI=1S/C14H32O2Si/c1-7-13(5)17(11-15-9-3,12-16-10-4)14(6)8-2/h13-14H,7-12H2,1-6H3. The predicted molar refractivity (Wildman–Crippen MR) is 78.2 cm³/mol. The normalized spacial score (nSPS) is 15.9. The van der Waals surface area contributed by atoms with Crippen LogP contribution in [-0.2, 0) is 9.47 Å². The Hall–Kier alpha value is 0.137. The van der Waals surface area contributed by atoms with E-state index in [9.17, 15) is 0 Å². The summed E-state index contributed by atoms with van der Waals surface area (Å²) in [7, 11) is -1.49. The zero-order chi connectivity index (χ0) is 13.3. The first kappa shape index (κ1) is 17.1. The molecular formula is C14H32O2Si. The van der Waals surface area contributed by atoms with Gasteiger partial charge in [0, 0.05) is 25.7 Å². The van der Waals surface area contributed by atoms with Gasteiger partial charge in [0.25, 0.3) is 0 Å². The molecular weight excluding hydrogens is 228 g/mol. The first-order chi connectivity index (χ1) is 8.08. The number of hydrogen-bond donors (Lipinski definition) is 0. The van der Waals surface area contributed by atoms with Gasteiger partial charge in [0.2, 0.25) is 0 Å². The molecule has 0 aliphatic heterocycles. The van der Waals surface area contributed by atoms with Gasteiger partial charge in [-0.1, -0.05) is 40.5 Å². The van der Waals surface area contributed by atoms with E-state index < -0.39 is 8.07 Å². The smallest absolute Gasteiger partial charge is 0.118 e. The molecule has 0 aliphatic rings. The van der Waals surface area contributed by atoms with Gasteiger partial charge in [0.1, 0.15) is 8.07 Å². The van der Waals surface area contributed by atoms with E-state index in [-0.39, 0.29) is 0 Å². The molecule has 0 fully saturated rings. The maximum absolute atomic E-state index is 5.82. The van der Waals surface area contributed by atoms with E-state index >= 15 is 0 Å². The van der Waals surface area contributed by atoms with Crippen LogP contribution in [0.5, 0.6) is 0 Å². The Morgan fingerprint density at radius 3 is 1.35 bits per heavy atom. The maximum atomic E-state index is 5.82. The van der Waals surface area contributed by atoms with Crippen LogP contribution < -0.4 is 0 Å². The number of ether oxygens (including phenoxy) is 2. The van der Waals surface area contributed by atoms with Gasteiger partial charge in [-0.25, -0.2) is 0 Å². The summed E-state index contributed by atoms with van der Waals surface area (Å²) < 4.78 is 11.6. The molecule has 0 saturated carbocycles. The molecule has 17 heavy (non-hydrogen) atoms. The molecule has 0 aromatic carbocycles. The molecule has 104 valence electrons. The highest BCUT2D eigenvalue weighted by atomic mass is 28.3. The van der Waals surface area contributed by atoms with Crippen molar-refractivity contribution >= 4 is 8.07 Å². The summed E-state index contributed by atoms with van der Waals surface area (Å²) in [6.45, 7) is 15.2. The molecule has 0 spiro atoms. The average Bonchev–Trinajstić information content (AvgIpc) is 2.37. The van der Waals surface area contributed by atoms with Gasteiger partial charge in [-0.2, -0.15) is 0 Å². The quantitative estimate of drug-likeness (QED) is 0.548. The lowest BCUT2D eigenvalue weighted by Gasteiger charge is -2.41. The average molecular weight is 260 g/mol. The topological polar surface area (TPSA) is 18.5 Å². The Bertz CT molecular complexity index is 165. The molecule has 3 heteroatoms. The van der Waals surface area contributed by atoms with Crippen LogP contribution in [0.4, 0.5) is 0 Å². The fourth-order valence-electron chi connectivity index (χ4n) is 2.49. The Kier molecular flexibility index (Phi) is 9.19. The number of hydrogen-bond acceptors (Lipinski definition) is 2. The lowest BCUT2D eigenvalue weighted by Crippen LogP contribution is -2.52. The first-order valence-electron chi connectivity index (χ1n) is 7.24. The van der Waals surface area contributed by atoms with Crippen molar-refractivity contribution < 1.29 is 9.47 Å². The third-order valence-corrected chi connectivity index (χ3v) is 10.6. The van der Waals surface area contributed by atoms with E-state index in [0.717, 1.165) is 36.8 Å². The van der Waals surface area contributed by atoms with Gasteiger partial charge in [-0.15, -0.1) is 0 Å². The molecule has 0 saturated heterocycles. The minimum absolute atomic E-state index is 0.774. The summed E-state index contributed by atoms with van der Waals surface area (Å²) >= 11 is 0. The Morgan fingerprint density at radius 1 is 0.765 bits per heavy atom. The van der Waals surface area contributed by atoms with Crippen molar-refractivity contribution in [1.82, 2.24) is 0 Å². The van der Waals surface area contributed by atoms with Crippen LogP contribution >= 0.6 is 0 Å². The SMILES string of the molecule is CCOC[Si](COCC)(C(C)CC)C(C)CC. The van der Waals surface area contributed by atoms with E-state index in [1.165, 1.54) is 12.8 Å². The van der Waals surface area contributed by atoms with Crippen LogP contribution in [0.3, 0.4) is 0 Å². The van der Waals surface area contributed by atoms with E-state index in [2.05, 4.69) is 41.5 Å². The van der Waals surface area contributed by atoms with Crippen LogP contribution in [0.15, 0.2) is 0 Å². The zero-order valence-corrected chi connectivity index (χ0v) is 13.7. The van der Waals surface area contributed by atoms with Crippen molar-refractivity contribution in [3.63, 3.8) is 0 Å². The molecule has 2 atom stereocenters. The van der Waals surface area contributed by atoms with Crippen molar-refractivity contribution in [3.05, 3.63) is 0 Å². The largest absolute Gasteiger partial charge is 0.385 e. The van der Waals surface area contributed by atoms with Gasteiger partial charge in [0.15, 0.2) is 0 Å². The second-order valence-corrected chi connectivity index (χ2v) is 10.1. The molecule has 0 aliphatic carbocycles. The third-order valence-electron chi connectivity index (χ3n) is 4.34.